The fourth-order valence-corrected chi connectivity index (χ4v) is 4.40. The van der Waals surface area contributed by atoms with Crippen molar-refractivity contribution >= 4 is 36.6 Å². The molecule has 0 radical (unpaired) electrons. The molecule has 0 saturated carbocycles. The fourth-order valence-electron chi connectivity index (χ4n) is 2.80. The van der Waals surface area contributed by atoms with E-state index in [1.165, 1.54) is 27.1 Å². The number of benzene rings is 2. The van der Waals surface area contributed by atoms with Gasteiger partial charge in [-0.1, -0.05) is 34.6 Å². The van der Waals surface area contributed by atoms with Gasteiger partial charge in [0.15, 0.2) is 5.78 Å². The van der Waals surface area contributed by atoms with Crippen LogP contribution in [0.4, 0.5) is 0 Å². The SMILES string of the molecule is Cc1ccccc1C(=O)c1c(C)c(C)c(C)c([SiH3])c1[SiH3]. The van der Waals surface area contributed by atoms with Crippen LogP contribution in [-0.4, -0.2) is 26.3 Å². The highest BCUT2D eigenvalue weighted by Crippen LogP contribution is 2.19. The molecule has 2 rings (SSSR count). The lowest BCUT2D eigenvalue weighted by Crippen LogP contribution is -2.36. The molecule has 0 saturated heterocycles. The topological polar surface area (TPSA) is 17.1 Å². The molecule has 1 nitrogen and oxygen atoms in total. The van der Waals surface area contributed by atoms with Crippen molar-refractivity contribution in [2.24, 2.45) is 0 Å². The average Bonchev–Trinajstić information content (AvgIpc) is 2.43. The van der Waals surface area contributed by atoms with Gasteiger partial charge in [-0.3, -0.25) is 4.79 Å². The maximum atomic E-state index is 13.0. The number of carbonyl (C=O) groups is 1. The first-order valence-electron chi connectivity index (χ1n) is 7.03. The van der Waals surface area contributed by atoms with Crippen LogP contribution in [0.15, 0.2) is 24.3 Å². The third-order valence-corrected chi connectivity index (χ3v) is 8.37. The van der Waals surface area contributed by atoms with Crippen LogP contribution in [0.2, 0.25) is 0 Å². The van der Waals surface area contributed by atoms with Crippen molar-refractivity contribution in [3.63, 3.8) is 0 Å². The molecule has 0 N–H and O–H groups in total. The van der Waals surface area contributed by atoms with E-state index in [2.05, 4.69) is 20.8 Å². The minimum atomic E-state index is 0.200. The number of hydrogen-bond acceptors (Lipinski definition) is 1. The monoisotopic (exact) mass is 298 g/mol. The van der Waals surface area contributed by atoms with Crippen LogP contribution in [0.1, 0.15) is 38.2 Å². The molecule has 0 aromatic heterocycles. The summed E-state index contributed by atoms with van der Waals surface area (Å²) in [5.41, 5.74) is 6.72. The van der Waals surface area contributed by atoms with Crippen LogP contribution in [0.5, 0.6) is 0 Å². The van der Waals surface area contributed by atoms with Crippen LogP contribution in [-0.2, 0) is 0 Å². The zero-order valence-electron chi connectivity index (χ0n) is 13.2. The summed E-state index contributed by atoms with van der Waals surface area (Å²) in [6.45, 7) is 8.43. The van der Waals surface area contributed by atoms with Gasteiger partial charge in [-0.25, -0.2) is 0 Å². The van der Waals surface area contributed by atoms with Gasteiger partial charge in [-0.2, -0.15) is 0 Å². The van der Waals surface area contributed by atoms with Crippen molar-refractivity contribution < 1.29 is 4.79 Å². The van der Waals surface area contributed by atoms with E-state index in [0.717, 1.165) is 37.2 Å². The highest BCUT2D eigenvalue weighted by Gasteiger charge is 2.19. The van der Waals surface area contributed by atoms with Gasteiger partial charge in [-0.05, 0) is 49.9 Å². The summed E-state index contributed by atoms with van der Waals surface area (Å²) in [4.78, 5) is 13.0. The Morgan fingerprint density at radius 1 is 0.850 bits per heavy atom. The Hall–Kier alpha value is -1.46. The average molecular weight is 299 g/mol. The molecule has 0 aliphatic rings. The number of carbonyl (C=O) groups excluding carboxylic acids is 1. The van der Waals surface area contributed by atoms with E-state index >= 15 is 0 Å². The van der Waals surface area contributed by atoms with Crippen molar-refractivity contribution in [1.29, 1.82) is 0 Å². The summed E-state index contributed by atoms with van der Waals surface area (Å²) in [6.07, 6.45) is 0. The minimum absolute atomic E-state index is 0.200. The molecule has 0 aliphatic heterocycles. The highest BCUT2D eigenvalue weighted by atomic mass is 28.2. The Morgan fingerprint density at radius 2 is 1.45 bits per heavy atom. The highest BCUT2D eigenvalue weighted by molar-refractivity contribution is 6.52. The van der Waals surface area contributed by atoms with Gasteiger partial charge in [-0.15, -0.1) is 0 Å². The minimum Gasteiger partial charge on any atom is -0.289 e. The molecule has 0 unspecified atom stereocenters. The van der Waals surface area contributed by atoms with E-state index in [4.69, 9.17) is 0 Å². The number of hydrogen-bond donors (Lipinski definition) is 0. The predicted octanol–water partition coefficient (Wildman–Crippen LogP) is 0.133. The Morgan fingerprint density at radius 3 is 2.05 bits per heavy atom. The number of rotatable bonds is 2. The largest absolute Gasteiger partial charge is 0.289 e. The normalized spacial score (nSPS) is 11.0. The molecule has 0 heterocycles. The third kappa shape index (κ3) is 2.32. The molecule has 0 aliphatic carbocycles. The predicted molar refractivity (Wildman–Crippen MR) is 94.4 cm³/mol. The molecule has 3 heteroatoms. The molecule has 104 valence electrons. The standard InChI is InChI=1S/C17H22OSi2/c1-9-7-5-6-8-13(9)15(18)14-11(3)10(2)12(4)16(19)17(14)20/h5-8H,1-4,19-20H3. The van der Waals surface area contributed by atoms with Gasteiger partial charge >= 0.3 is 0 Å². The molecule has 0 atom stereocenters. The summed E-state index contributed by atoms with van der Waals surface area (Å²) in [5.74, 6) is 0.200. The van der Waals surface area contributed by atoms with Crippen LogP contribution in [0, 0.1) is 27.7 Å². The molecule has 2 aromatic rings. The molecule has 0 amide bonds. The molecule has 0 bridgehead atoms. The van der Waals surface area contributed by atoms with E-state index in [0.29, 0.717) is 0 Å². The van der Waals surface area contributed by atoms with Gasteiger partial charge < -0.3 is 0 Å². The number of ketones is 1. The van der Waals surface area contributed by atoms with Crippen molar-refractivity contribution in [1.82, 2.24) is 0 Å². The van der Waals surface area contributed by atoms with E-state index in [1.54, 1.807) is 0 Å². The van der Waals surface area contributed by atoms with E-state index in [1.807, 2.05) is 31.2 Å². The first-order valence-corrected chi connectivity index (χ1v) is 9.03. The third-order valence-electron chi connectivity index (χ3n) is 4.62. The smallest absolute Gasteiger partial charge is 0.193 e. The number of aryl methyl sites for hydroxylation is 1. The van der Waals surface area contributed by atoms with Crippen LogP contribution in [0.25, 0.3) is 0 Å². The van der Waals surface area contributed by atoms with Crippen molar-refractivity contribution in [2.75, 3.05) is 0 Å². The second-order valence-electron chi connectivity index (χ2n) is 5.64. The summed E-state index contributed by atoms with van der Waals surface area (Å²) in [5, 5.41) is 2.74. The zero-order valence-corrected chi connectivity index (χ0v) is 17.2. The molecule has 20 heavy (non-hydrogen) atoms. The van der Waals surface area contributed by atoms with Crippen molar-refractivity contribution in [3.05, 3.63) is 57.6 Å². The lowest BCUT2D eigenvalue weighted by molar-refractivity contribution is 0.103. The maximum absolute atomic E-state index is 13.0. The summed E-state index contributed by atoms with van der Waals surface area (Å²) in [6, 6.07) is 7.89. The Bertz CT molecular complexity index is 673. The van der Waals surface area contributed by atoms with Crippen LogP contribution < -0.4 is 10.4 Å². The molecular weight excluding hydrogens is 276 g/mol. The summed E-state index contributed by atoms with van der Waals surface area (Å²) in [7, 11) is 1.95. The molecule has 0 spiro atoms. The van der Waals surface area contributed by atoms with Gasteiger partial charge in [0.05, 0.1) is 0 Å². The van der Waals surface area contributed by atoms with Crippen LogP contribution >= 0.6 is 0 Å². The first-order chi connectivity index (χ1) is 9.36. The quantitative estimate of drug-likeness (QED) is 0.569. The summed E-state index contributed by atoms with van der Waals surface area (Å²) < 4.78 is 0. The Labute approximate surface area is 127 Å². The second kappa shape index (κ2) is 5.50. The van der Waals surface area contributed by atoms with Crippen molar-refractivity contribution in [3.8, 4) is 0 Å². The van der Waals surface area contributed by atoms with Gasteiger partial charge in [0.2, 0.25) is 0 Å². The second-order valence-corrected chi connectivity index (χ2v) is 7.64. The van der Waals surface area contributed by atoms with Gasteiger partial charge in [0.25, 0.3) is 0 Å². The van der Waals surface area contributed by atoms with E-state index < -0.39 is 0 Å². The molecule has 2 aromatic carbocycles. The lowest BCUT2D eigenvalue weighted by atomic mass is 9.91. The first kappa shape index (κ1) is 14.9. The van der Waals surface area contributed by atoms with Gasteiger partial charge in [0, 0.05) is 31.6 Å². The van der Waals surface area contributed by atoms with Crippen molar-refractivity contribution in [2.45, 2.75) is 27.7 Å². The van der Waals surface area contributed by atoms with Gasteiger partial charge in [0.1, 0.15) is 0 Å². The van der Waals surface area contributed by atoms with E-state index in [9.17, 15) is 4.79 Å². The Kier molecular flexibility index (Phi) is 4.11. The Balaban J connectivity index is 2.71. The zero-order chi connectivity index (χ0) is 15.0. The summed E-state index contributed by atoms with van der Waals surface area (Å²) >= 11 is 0. The molecule has 0 fully saturated rings. The molecular formula is C17H22OSi2. The van der Waals surface area contributed by atoms with Crippen LogP contribution in [0.3, 0.4) is 0 Å². The lowest BCUT2D eigenvalue weighted by Gasteiger charge is -2.18. The maximum Gasteiger partial charge on any atom is 0.193 e. The van der Waals surface area contributed by atoms with E-state index in [-0.39, 0.29) is 5.78 Å². The fraction of sp³-hybridized carbons (Fsp3) is 0.235.